The van der Waals surface area contributed by atoms with Crippen LogP contribution < -0.4 is 21.7 Å². The minimum Gasteiger partial charge on any atom is -0.392 e. The van der Waals surface area contributed by atoms with Gasteiger partial charge in [0.15, 0.2) is 11.6 Å². The number of nitrogens with two attached hydrogens (primary N) is 1. The molecule has 0 fully saturated rings. The molecule has 0 saturated heterocycles. The molecule has 9 nitrogen and oxygen atoms in total. The molecule has 0 saturated carbocycles. The first-order chi connectivity index (χ1) is 10.5. The standard InChI is InChI=1S/C13H22N8O.ClH/c1-4-15-10-9-8(18-12(14)20-10)11(16-5-2)21-13(19-9)17-6-7(3)22;/h7,22H,4-6H2,1-3H3,(H3,14,15,18,20)(H2,16,17,19,21);1H. The quantitative estimate of drug-likeness (QED) is 0.501. The summed E-state index contributed by atoms with van der Waals surface area (Å²) >= 11 is 0. The number of nitrogen functional groups attached to an aromatic ring is 1. The van der Waals surface area contributed by atoms with Crippen molar-refractivity contribution in [2.45, 2.75) is 26.9 Å². The molecule has 2 aromatic heterocycles. The average Bonchev–Trinajstić information content (AvgIpc) is 2.46. The summed E-state index contributed by atoms with van der Waals surface area (Å²) in [6.07, 6.45) is -0.502. The Bertz CT molecular complexity index is 651. The molecule has 0 aliphatic heterocycles. The molecule has 0 bridgehead atoms. The SMILES string of the molecule is CCNc1nc(NCC(C)O)nc2c(NCC)nc(N)nc12.Cl. The van der Waals surface area contributed by atoms with Crippen molar-refractivity contribution in [1.29, 1.82) is 0 Å². The molecule has 1 atom stereocenters. The molecule has 128 valence electrons. The van der Waals surface area contributed by atoms with Crippen molar-refractivity contribution in [2.24, 2.45) is 0 Å². The van der Waals surface area contributed by atoms with Crippen LogP contribution in [0.2, 0.25) is 0 Å². The third-order valence-corrected chi connectivity index (χ3v) is 2.81. The molecular formula is C13H23ClN8O. The molecule has 1 unspecified atom stereocenters. The first-order valence-corrected chi connectivity index (χ1v) is 7.30. The second-order valence-electron chi connectivity index (χ2n) is 4.81. The Morgan fingerprint density at radius 1 is 0.957 bits per heavy atom. The van der Waals surface area contributed by atoms with E-state index >= 15 is 0 Å². The zero-order chi connectivity index (χ0) is 16.1. The van der Waals surface area contributed by atoms with E-state index in [9.17, 15) is 5.11 Å². The number of hydrogen-bond donors (Lipinski definition) is 5. The van der Waals surface area contributed by atoms with Gasteiger partial charge in [-0.25, -0.2) is 9.97 Å². The van der Waals surface area contributed by atoms with Crippen LogP contribution in [0.15, 0.2) is 0 Å². The lowest BCUT2D eigenvalue weighted by atomic mass is 10.3. The Morgan fingerprint density at radius 3 is 2.09 bits per heavy atom. The van der Waals surface area contributed by atoms with Gasteiger partial charge in [0.2, 0.25) is 11.9 Å². The summed E-state index contributed by atoms with van der Waals surface area (Å²) in [7, 11) is 0. The highest BCUT2D eigenvalue weighted by atomic mass is 35.5. The largest absolute Gasteiger partial charge is 0.392 e. The lowest BCUT2D eigenvalue weighted by Crippen LogP contribution is -2.18. The van der Waals surface area contributed by atoms with Crippen LogP contribution in [0.1, 0.15) is 20.8 Å². The maximum absolute atomic E-state index is 9.39. The lowest BCUT2D eigenvalue weighted by molar-refractivity contribution is 0.208. The summed E-state index contributed by atoms with van der Waals surface area (Å²) in [4.78, 5) is 17.2. The minimum atomic E-state index is -0.502. The number of nitrogens with one attached hydrogen (secondary N) is 3. The van der Waals surface area contributed by atoms with Crippen molar-refractivity contribution >= 4 is 47.0 Å². The van der Waals surface area contributed by atoms with E-state index < -0.39 is 6.10 Å². The molecule has 10 heteroatoms. The average molecular weight is 343 g/mol. The normalized spacial score (nSPS) is 11.7. The van der Waals surface area contributed by atoms with Gasteiger partial charge in [-0.1, -0.05) is 0 Å². The fourth-order valence-corrected chi connectivity index (χ4v) is 1.93. The van der Waals surface area contributed by atoms with Crippen LogP contribution in [0, 0.1) is 0 Å². The second-order valence-corrected chi connectivity index (χ2v) is 4.81. The van der Waals surface area contributed by atoms with E-state index in [-0.39, 0.29) is 18.4 Å². The molecule has 0 amide bonds. The molecule has 6 N–H and O–H groups in total. The monoisotopic (exact) mass is 342 g/mol. The van der Waals surface area contributed by atoms with Crippen LogP contribution in [-0.2, 0) is 0 Å². The molecule has 0 spiro atoms. The first kappa shape index (κ1) is 18.9. The molecule has 0 aliphatic carbocycles. The summed E-state index contributed by atoms with van der Waals surface area (Å²) in [5.74, 6) is 1.70. The predicted octanol–water partition coefficient (Wildman–Crippen LogP) is 1.08. The third kappa shape index (κ3) is 4.67. The van der Waals surface area contributed by atoms with Crippen molar-refractivity contribution < 1.29 is 5.11 Å². The van der Waals surface area contributed by atoms with Gasteiger partial charge in [0.1, 0.15) is 11.0 Å². The summed E-state index contributed by atoms with van der Waals surface area (Å²) < 4.78 is 0. The molecule has 2 heterocycles. The molecule has 0 aromatic carbocycles. The van der Waals surface area contributed by atoms with E-state index in [1.165, 1.54) is 0 Å². The number of aromatic nitrogens is 4. The Hall–Kier alpha value is -2.13. The molecule has 0 aliphatic rings. The predicted molar refractivity (Wildman–Crippen MR) is 95.3 cm³/mol. The fourth-order valence-electron chi connectivity index (χ4n) is 1.93. The Kier molecular flexibility index (Phi) is 6.98. The summed E-state index contributed by atoms with van der Waals surface area (Å²) in [6, 6.07) is 0. The Labute approximate surface area is 140 Å². The van der Waals surface area contributed by atoms with Gasteiger partial charge in [0.25, 0.3) is 0 Å². The molecular weight excluding hydrogens is 320 g/mol. The van der Waals surface area contributed by atoms with E-state index in [1.807, 2.05) is 13.8 Å². The number of rotatable bonds is 7. The maximum atomic E-state index is 9.39. The first-order valence-electron chi connectivity index (χ1n) is 7.30. The molecule has 2 aromatic rings. The van der Waals surface area contributed by atoms with E-state index in [4.69, 9.17) is 5.73 Å². The number of fused-ring (bicyclic) bond motifs is 1. The van der Waals surface area contributed by atoms with Gasteiger partial charge in [-0.05, 0) is 20.8 Å². The van der Waals surface area contributed by atoms with Gasteiger partial charge in [0.05, 0.1) is 6.10 Å². The number of nitrogens with zero attached hydrogens (tertiary/aromatic N) is 4. The van der Waals surface area contributed by atoms with Crippen LogP contribution in [0.25, 0.3) is 11.0 Å². The topological polar surface area (TPSA) is 134 Å². The van der Waals surface area contributed by atoms with E-state index in [2.05, 4.69) is 35.9 Å². The maximum Gasteiger partial charge on any atom is 0.225 e. The highest BCUT2D eigenvalue weighted by molar-refractivity contribution is 5.94. The molecule has 23 heavy (non-hydrogen) atoms. The number of aliphatic hydroxyl groups excluding tert-OH is 1. The molecule has 0 radical (unpaired) electrons. The summed E-state index contributed by atoms with van der Waals surface area (Å²) in [5.41, 5.74) is 6.90. The summed E-state index contributed by atoms with van der Waals surface area (Å²) in [6.45, 7) is 7.33. The third-order valence-electron chi connectivity index (χ3n) is 2.81. The van der Waals surface area contributed by atoms with Gasteiger partial charge in [0, 0.05) is 19.6 Å². The lowest BCUT2D eigenvalue weighted by Gasteiger charge is -2.13. The van der Waals surface area contributed by atoms with Crippen molar-refractivity contribution in [2.75, 3.05) is 41.3 Å². The number of anilines is 4. The van der Waals surface area contributed by atoms with Crippen molar-refractivity contribution in [3.8, 4) is 0 Å². The van der Waals surface area contributed by atoms with Gasteiger partial charge in [-0.15, -0.1) is 12.4 Å². The fraction of sp³-hybridized carbons (Fsp3) is 0.538. The smallest absolute Gasteiger partial charge is 0.225 e. The van der Waals surface area contributed by atoms with Gasteiger partial charge < -0.3 is 26.8 Å². The van der Waals surface area contributed by atoms with Crippen molar-refractivity contribution in [3.63, 3.8) is 0 Å². The van der Waals surface area contributed by atoms with Gasteiger partial charge in [-0.2, -0.15) is 9.97 Å². The Balaban J connectivity index is 0.00000264. The molecule has 2 rings (SSSR count). The van der Waals surface area contributed by atoms with Crippen molar-refractivity contribution in [3.05, 3.63) is 0 Å². The zero-order valence-electron chi connectivity index (χ0n) is 13.4. The van der Waals surface area contributed by atoms with Crippen LogP contribution in [0.4, 0.5) is 23.5 Å². The van der Waals surface area contributed by atoms with E-state index in [0.29, 0.717) is 48.3 Å². The second kappa shape index (κ2) is 8.49. The van der Waals surface area contributed by atoms with Crippen LogP contribution in [-0.4, -0.2) is 50.8 Å². The van der Waals surface area contributed by atoms with Crippen LogP contribution in [0.3, 0.4) is 0 Å². The Morgan fingerprint density at radius 2 is 1.52 bits per heavy atom. The zero-order valence-corrected chi connectivity index (χ0v) is 14.2. The summed E-state index contributed by atoms with van der Waals surface area (Å²) in [5, 5.41) is 18.7. The number of hydrogen-bond acceptors (Lipinski definition) is 9. The van der Waals surface area contributed by atoms with E-state index in [1.54, 1.807) is 6.92 Å². The van der Waals surface area contributed by atoms with Gasteiger partial charge >= 0.3 is 0 Å². The highest BCUT2D eigenvalue weighted by Crippen LogP contribution is 2.26. The van der Waals surface area contributed by atoms with Gasteiger partial charge in [-0.3, -0.25) is 0 Å². The number of halogens is 1. The van der Waals surface area contributed by atoms with Crippen molar-refractivity contribution in [1.82, 2.24) is 19.9 Å². The minimum absolute atomic E-state index is 0. The highest BCUT2D eigenvalue weighted by Gasteiger charge is 2.14. The van der Waals surface area contributed by atoms with Crippen LogP contribution >= 0.6 is 12.4 Å². The number of aliphatic hydroxyl groups is 1. The van der Waals surface area contributed by atoms with E-state index in [0.717, 1.165) is 0 Å². The van der Waals surface area contributed by atoms with Crippen LogP contribution in [0.5, 0.6) is 0 Å².